The lowest BCUT2D eigenvalue weighted by molar-refractivity contribution is -0.114. The van der Waals surface area contributed by atoms with E-state index in [1.807, 2.05) is 0 Å². The summed E-state index contributed by atoms with van der Waals surface area (Å²) in [5.41, 5.74) is 0.256. The van der Waals surface area contributed by atoms with E-state index >= 15 is 0 Å². The fourth-order valence-electron chi connectivity index (χ4n) is 1.52. The zero-order valence-electron chi connectivity index (χ0n) is 9.97. The highest BCUT2D eigenvalue weighted by Gasteiger charge is 2.29. The van der Waals surface area contributed by atoms with Crippen molar-refractivity contribution in [1.29, 1.82) is 0 Å². The molecular weight excluding hydrogens is 254 g/mol. The van der Waals surface area contributed by atoms with Crippen LogP contribution in [0, 0.1) is 5.92 Å². The fraction of sp³-hybridized carbons (Fsp3) is 0.545. The van der Waals surface area contributed by atoms with E-state index in [9.17, 15) is 14.7 Å². The topological polar surface area (TPSA) is 91.3 Å². The van der Waals surface area contributed by atoms with E-state index in [1.54, 1.807) is 5.38 Å². The first-order valence-corrected chi connectivity index (χ1v) is 6.63. The van der Waals surface area contributed by atoms with Crippen molar-refractivity contribution < 1.29 is 14.7 Å². The number of nitrogens with one attached hydrogen (secondary N) is 2. The Balaban J connectivity index is 1.84. The largest absolute Gasteiger partial charge is 0.391 e. The average molecular weight is 269 g/mol. The lowest BCUT2D eigenvalue weighted by atomic mass is 10.2. The zero-order chi connectivity index (χ0) is 13.1. The van der Waals surface area contributed by atoms with Crippen molar-refractivity contribution in [1.82, 2.24) is 10.3 Å². The maximum atomic E-state index is 11.7. The Morgan fingerprint density at radius 2 is 2.33 bits per heavy atom. The number of hydrogen-bond acceptors (Lipinski definition) is 5. The Labute approximate surface area is 108 Å². The van der Waals surface area contributed by atoms with E-state index < -0.39 is 6.10 Å². The summed E-state index contributed by atoms with van der Waals surface area (Å²) < 4.78 is 0. The highest BCUT2D eigenvalue weighted by molar-refractivity contribution is 7.14. The molecule has 1 unspecified atom stereocenters. The van der Waals surface area contributed by atoms with Gasteiger partial charge in [0.15, 0.2) is 5.13 Å². The Morgan fingerprint density at radius 3 is 2.94 bits per heavy atom. The van der Waals surface area contributed by atoms with E-state index in [1.165, 1.54) is 18.3 Å². The second kappa shape index (κ2) is 5.45. The van der Waals surface area contributed by atoms with E-state index in [-0.39, 0.29) is 24.1 Å². The van der Waals surface area contributed by atoms with Crippen molar-refractivity contribution in [3.63, 3.8) is 0 Å². The van der Waals surface area contributed by atoms with Gasteiger partial charge in [-0.15, -0.1) is 11.3 Å². The summed E-state index contributed by atoms with van der Waals surface area (Å²) in [6.07, 6.45) is 1.59. The molecule has 1 heterocycles. The lowest BCUT2D eigenvalue weighted by Crippen LogP contribution is -2.33. The van der Waals surface area contributed by atoms with E-state index in [2.05, 4.69) is 15.6 Å². The molecule has 1 aliphatic rings. The number of aliphatic hydroxyl groups is 1. The molecule has 1 aromatic heterocycles. The first kappa shape index (κ1) is 13.0. The SMILES string of the molecule is CC(=O)Nc1nc(C(=O)NCC(O)C2CC2)cs1. The molecule has 2 amide bonds. The molecule has 1 aromatic rings. The Kier molecular flexibility index (Phi) is 3.93. The highest BCUT2D eigenvalue weighted by Crippen LogP contribution is 2.32. The normalized spacial score (nSPS) is 16.1. The van der Waals surface area contributed by atoms with Crippen molar-refractivity contribution in [2.45, 2.75) is 25.9 Å². The Bertz CT molecular complexity index is 456. The molecule has 6 nitrogen and oxygen atoms in total. The summed E-state index contributed by atoms with van der Waals surface area (Å²) in [4.78, 5) is 26.5. The number of amides is 2. The van der Waals surface area contributed by atoms with Gasteiger partial charge in [0.2, 0.25) is 5.91 Å². The van der Waals surface area contributed by atoms with Gasteiger partial charge in [-0.1, -0.05) is 0 Å². The predicted molar refractivity (Wildman–Crippen MR) is 67.5 cm³/mol. The minimum Gasteiger partial charge on any atom is -0.391 e. The molecule has 0 bridgehead atoms. The quantitative estimate of drug-likeness (QED) is 0.730. The first-order chi connectivity index (χ1) is 8.56. The van der Waals surface area contributed by atoms with Crippen LogP contribution in [0.1, 0.15) is 30.3 Å². The molecule has 3 N–H and O–H groups in total. The number of carbonyl (C=O) groups excluding carboxylic acids is 2. The third kappa shape index (κ3) is 3.51. The third-order valence-electron chi connectivity index (χ3n) is 2.66. The molecule has 1 fully saturated rings. The smallest absolute Gasteiger partial charge is 0.270 e. The van der Waals surface area contributed by atoms with E-state index in [4.69, 9.17) is 0 Å². The molecule has 0 aromatic carbocycles. The van der Waals surface area contributed by atoms with Crippen molar-refractivity contribution in [3.8, 4) is 0 Å². The number of anilines is 1. The average Bonchev–Trinajstić information content (AvgIpc) is 3.06. The van der Waals surface area contributed by atoms with Gasteiger partial charge < -0.3 is 15.7 Å². The van der Waals surface area contributed by atoms with Gasteiger partial charge in [-0.2, -0.15) is 0 Å². The van der Waals surface area contributed by atoms with Gasteiger partial charge in [0.1, 0.15) is 5.69 Å². The highest BCUT2D eigenvalue weighted by atomic mass is 32.1. The molecule has 98 valence electrons. The summed E-state index contributed by atoms with van der Waals surface area (Å²) in [6.45, 7) is 1.63. The van der Waals surface area contributed by atoms with Crippen molar-refractivity contribution >= 4 is 28.3 Å². The van der Waals surface area contributed by atoms with Crippen LogP contribution < -0.4 is 10.6 Å². The molecule has 7 heteroatoms. The van der Waals surface area contributed by atoms with Crippen molar-refractivity contribution in [3.05, 3.63) is 11.1 Å². The molecule has 1 saturated carbocycles. The summed E-state index contributed by atoms with van der Waals surface area (Å²) in [5, 5.41) is 16.7. The van der Waals surface area contributed by atoms with Gasteiger partial charge in [0.05, 0.1) is 6.10 Å². The van der Waals surface area contributed by atoms with Crippen LogP contribution in [0.3, 0.4) is 0 Å². The summed E-state index contributed by atoms with van der Waals surface area (Å²) in [5.74, 6) is -0.223. The third-order valence-corrected chi connectivity index (χ3v) is 3.42. The van der Waals surface area contributed by atoms with Crippen LogP contribution in [-0.4, -0.2) is 34.6 Å². The number of thiazole rings is 1. The van der Waals surface area contributed by atoms with Crippen LogP contribution >= 0.6 is 11.3 Å². The molecule has 0 radical (unpaired) electrons. The van der Waals surface area contributed by atoms with E-state index in [0.717, 1.165) is 12.8 Å². The molecule has 0 aliphatic heterocycles. The number of aromatic nitrogens is 1. The lowest BCUT2D eigenvalue weighted by Gasteiger charge is -2.09. The minimum atomic E-state index is -0.470. The Hall–Kier alpha value is -1.47. The Morgan fingerprint density at radius 1 is 1.61 bits per heavy atom. The second-order valence-electron chi connectivity index (χ2n) is 4.33. The number of aliphatic hydroxyl groups excluding tert-OH is 1. The molecule has 2 rings (SSSR count). The minimum absolute atomic E-state index is 0.222. The van der Waals surface area contributed by atoms with Crippen LogP contribution in [-0.2, 0) is 4.79 Å². The zero-order valence-corrected chi connectivity index (χ0v) is 10.8. The van der Waals surface area contributed by atoms with Crippen molar-refractivity contribution in [2.24, 2.45) is 5.92 Å². The predicted octanol–water partition coefficient (Wildman–Crippen LogP) is 0.602. The second-order valence-corrected chi connectivity index (χ2v) is 5.19. The number of nitrogens with zero attached hydrogens (tertiary/aromatic N) is 1. The molecular formula is C11H15N3O3S. The molecule has 1 aliphatic carbocycles. The first-order valence-electron chi connectivity index (χ1n) is 5.75. The van der Waals surface area contributed by atoms with Crippen LogP contribution in [0.2, 0.25) is 0 Å². The maximum absolute atomic E-state index is 11.7. The summed E-state index contributed by atoms with van der Waals surface area (Å²) in [7, 11) is 0. The van der Waals surface area contributed by atoms with Gasteiger partial charge in [-0.05, 0) is 18.8 Å². The van der Waals surface area contributed by atoms with Crippen LogP contribution in [0.25, 0.3) is 0 Å². The van der Waals surface area contributed by atoms with Gasteiger partial charge >= 0.3 is 0 Å². The fourth-order valence-corrected chi connectivity index (χ4v) is 2.26. The van der Waals surface area contributed by atoms with Crippen LogP contribution in [0.15, 0.2) is 5.38 Å². The van der Waals surface area contributed by atoms with Gasteiger partial charge in [-0.25, -0.2) is 4.98 Å². The molecule has 0 saturated heterocycles. The van der Waals surface area contributed by atoms with Gasteiger partial charge in [0, 0.05) is 18.8 Å². The molecule has 0 spiro atoms. The summed E-state index contributed by atoms with van der Waals surface area (Å²) in [6, 6.07) is 0. The van der Waals surface area contributed by atoms with Gasteiger partial charge in [-0.3, -0.25) is 9.59 Å². The van der Waals surface area contributed by atoms with Crippen molar-refractivity contribution in [2.75, 3.05) is 11.9 Å². The van der Waals surface area contributed by atoms with Crippen LogP contribution in [0.4, 0.5) is 5.13 Å². The molecule has 1 atom stereocenters. The summed E-state index contributed by atoms with van der Waals surface area (Å²) >= 11 is 1.19. The molecule has 18 heavy (non-hydrogen) atoms. The number of carbonyl (C=O) groups is 2. The van der Waals surface area contributed by atoms with E-state index in [0.29, 0.717) is 11.0 Å². The maximum Gasteiger partial charge on any atom is 0.270 e. The van der Waals surface area contributed by atoms with Gasteiger partial charge in [0.25, 0.3) is 5.91 Å². The number of hydrogen-bond donors (Lipinski definition) is 3. The monoisotopic (exact) mass is 269 g/mol. The standard InChI is InChI=1S/C11H15N3O3S/c1-6(15)13-11-14-8(5-18-11)10(17)12-4-9(16)7-2-3-7/h5,7,9,16H,2-4H2,1H3,(H,12,17)(H,13,14,15). The number of rotatable bonds is 5. The van der Waals surface area contributed by atoms with Crippen LogP contribution in [0.5, 0.6) is 0 Å².